The van der Waals surface area contributed by atoms with Crippen molar-refractivity contribution in [1.82, 2.24) is 14.6 Å². The minimum atomic E-state index is -0.0676. The molecule has 2 aromatic heterocycles. The van der Waals surface area contributed by atoms with E-state index in [1.165, 1.54) is 5.56 Å². The van der Waals surface area contributed by atoms with Gasteiger partial charge in [0, 0.05) is 22.3 Å². The molecular weight excluding hydrogens is 386 g/mol. The summed E-state index contributed by atoms with van der Waals surface area (Å²) in [6.07, 6.45) is 6.94. The van der Waals surface area contributed by atoms with E-state index in [-0.39, 0.29) is 5.41 Å². The van der Waals surface area contributed by atoms with Crippen molar-refractivity contribution < 1.29 is 4.84 Å². The van der Waals surface area contributed by atoms with Gasteiger partial charge in [-0.05, 0) is 42.7 Å². The Labute approximate surface area is 176 Å². The quantitative estimate of drug-likeness (QED) is 0.543. The molecule has 0 radical (unpaired) electrons. The molecule has 1 aliphatic rings. The van der Waals surface area contributed by atoms with E-state index in [1.807, 2.05) is 35.3 Å². The Balaban J connectivity index is 1.81. The van der Waals surface area contributed by atoms with Crippen LogP contribution in [-0.2, 0) is 16.8 Å². The molecule has 3 heterocycles. The number of hydrogen-bond donors (Lipinski definition) is 1. The number of benzene rings is 1. The van der Waals surface area contributed by atoms with Gasteiger partial charge in [-0.2, -0.15) is 0 Å². The minimum absolute atomic E-state index is 0.0676. The average Bonchev–Trinajstić information content (AvgIpc) is 3.17. The molecule has 1 atom stereocenters. The van der Waals surface area contributed by atoms with Crippen LogP contribution in [0, 0.1) is 0 Å². The number of allylic oxidation sites excluding steroid dienone is 1. The first-order valence-corrected chi connectivity index (χ1v) is 10.3. The second kappa shape index (κ2) is 7.69. The van der Waals surface area contributed by atoms with Crippen LogP contribution in [0.5, 0.6) is 0 Å². The Hall–Kier alpha value is -2.57. The van der Waals surface area contributed by atoms with Crippen LogP contribution >= 0.6 is 11.6 Å². The van der Waals surface area contributed by atoms with Gasteiger partial charge in [0.05, 0.1) is 36.6 Å². The highest BCUT2D eigenvalue weighted by Crippen LogP contribution is 2.52. The van der Waals surface area contributed by atoms with Gasteiger partial charge in [-0.25, -0.2) is 15.2 Å². The lowest BCUT2D eigenvalue weighted by molar-refractivity contribution is 0.220. The molecule has 3 aromatic rings. The van der Waals surface area contributed by atoms with Crippen molar-refractivity contribution in [1.29, 1.82) is 0 Å². The minimum Gasteiger partial charge on any atom is -0.336 e. The maximum atomic E-state index is 6.21. The van der Waals surface area contributed by atoms with E-state index >= 15 is 0 Å². The fourth-order valence-corrected chi connectivity index (χ4v) is 4.73. The number of rotatable bonds is 7. The number of hydrogen-bond acceptors (Lipinski definition) is 5. The van der Waals surface area contributed by atoms with Crippen molar-refractivity contribution in [2.45, 2.75) is 45.1 Å². The SMILES string of the molecule is C=C1N(Cc2nc3ccc(Cl)cc3n2NOC)c2cnccc2C1(CC)CCC. The number of anilines is 1. The highest BCUT2D eigenvalue weighted by atomic mass is 35.5. The fourth-order valence-electron chi connectivity index (χ4n) is 4.56. The Bertz CT molecular complexity index is 1060. The van der Waals surface area contributed by atoms with Gasteiger partial charge in [-0.15, -0.1) is 0 Å². The van der Waals surface area contributed by atoms with Crippen molar-refractivity contribution in [2.75, 3.05) is 17.6 Å². The molecular formula is C22H26ClN5O. The predicted octanol–water partition coefficient (Wildman–Crippen LogP) is 5.17. The Morgan fingerprint density at radius 1 is 1.28 bits per heavy atom. The van der Waals surface area contributed by atoms with E-state index in [9.17, 15) is 0 Å². The van der Waals surface area contributed by atoms with Crippen LogP contribution in [0.1, 0.15) is 44.5 Å². The average molecular weight is 412 g/mol. The van der Waals surface area contributed by atoms with E-state index in [1.54, 1.807) is 7.11 Å². The maximum Gasteiger partial charge on any atom is 0.150 e. The summed E-state index contributed by atoms with van der Waals surface area (Å²) in [4.78, 5) is 16.7. The molecule has 29 heavy (non-hydrogen) atoms. The largest absolute Gasteiger partial charge is 0.336 e. The van der Waals surface area contributed by atoms with Gasteiger partial charge in [0.25, 0.3) is 0 Å². The third-order valence-electron chi connectivity index (χ3n) is 5.93. The lowest BCUT2D eigenvalue weighted by Gasteiger charge is -2.32. The van der Waals surface area contributed by atoms with Crippen molar-refractivity contribution in [3.63, 3.8) is 0 Å². The lowest BCUT2D eigenvalue weighted by Crippen LogP contribution is -2.31. The zero-order valence-electron chi connectivity index (χ0n) is 17.1. The Morgan fingerprint density at radius 3 is 2.83 bits per heavy atom. The monoisotopic (exact) mass is 411 g/mol. The number of nitrogens with zero attached hydrogens (tertiary/aromatic N) is 4. The van der Waals surface area contributed by atoms with Gasteiger partial charge in [-0.3, -0.25) is 9.82 Å². The molecule has 0 aliphatic carbocycles. The summed E-state index contributed by atoms with van der Waals surface area (Å²) < 4.78 is 1.83. The third-order valence-corrected chi connectivity index (χ3v) is 6.17. The number of halogens is 1. The first kappa shape index (κ1) is 19.7. The van der Waals surface area contributed by atoms with Crippen LogP contribution in [0.3, 0.4) is 0 Å². The first-order valence-electron chi connectivity index (χ1n) is 9.93. The zero-order chi connectivity index (χ0) is 20.6. The third kappa shape index (κ3) is 3.07. The summed E-state index contributed by atoms with van der Waals surface area (Å²) in [7, 11) is 1.58. The topological polar surface area (TPSA) is 55.2 Å². The molecule has 1 aliphatic heterocycles. The number of nitrogens with one attached hydrogen (secondary N) is 1. The van der Waals surface area contributed by atoms with Gasteiger partial charge in [0.2, 0.25) is 0 Å². The second-order valence-corrected chi connectivity index (χ2v) is 7.84. The molecule has 0 fully saturated rings. The van der Waals surface area contributed by atoms with E-state index < -0.39 is 0 Å². The predicted molar refractivity (Wildman–Crippen MR) is 118 cm³/mol. The molecule has 7 heteroatoms. The zero-order valence-corrected chi connectivity index (χ0v) is 17.8. The summed E-state index contributed by atoms with van der Waals surface area (Å²) >= 11 is 6.21. The maximum absolute atomic E-state index is 6.21. The van der Waals surface area contributed by atoms with Crippen LogP contribution < -0.4 is 10.5 Å². The standard InChI is InChI=1S/C22H26ClN5O/c1-5-10-22(6-2)15(3)27(20-13-24-11-9-17(20)22)14-21-25-18-8-7-16(23)12-19(18)28(21)26-29-4/h7-9,11-13,26H,3,5-6,10,14H2,1-2,4H3. The molecule has 1 aromatic carbocycles. The number of aromatic nitrogens is 3. The van der Waals surface area contributed by atoms with E-state index in [0.29, 0.717) is 11.6 Å². The van der Waals surface area contributed by atoms with Crippen LogP contribution in [-0.4, -0.2) is 21.8 Å². The number of imidazole rings is 1. The highest BCUT2D eigenvalue weighted by Gasteiger charge is 2.44. The first-order chi connectivity index (χ1) is 14.1. The smallest absolute Gasteiger partial charge is 0.150 e. The number of fused-ring (bicyclic) bond motifs is 2. The summed E-state index contributed by atoms with van der Waals surface area (Å²) in [6, 6.07) is 7.77. The highest BCUT2D eigenvalue weighted by molar-refractivity contribution is 6.31. The molecule has 152 valence electrons. The molecule has 0 bridgehead atoms. The van der Waals surface area contributed by atoms with Crippen LogP contribution in [0.15, 0.2) is 48.9 Å². The Kier molecular flexibility index (Phi) is 5.23. The molecule has 0 spiro atoms. The van der Waals surface area contributed by atoms with Crippen LogP contribution in [0.2, 0.25) is 5.02 Å². The molecule has 0 amide bonds. The molecule has 4 rings (SSSR count). The van der Waals surface area contributed by atoms with Crippen LogP contribution in [0.4, 0.5) is 5.69 Å². The summed E-state index contributed by atoms with van der Waals surface area (Å²) in [5.74, 6) is 0.809. The molecule has 0 saturated carbocycles. The van der Waals surface area contributed by atoms with Gasteiger partial charge >= 0.3 is 0 Å². The van der Waals surface area contributed by atoms with Crippen molar-refractivity contribution >= 4 is 28.3 Å². The lowest BCUT2D eigenvalue weighted by atomic mass is 9.74. The fraction of sp³-hybridized carbons (Fsp3) is 0.364. The van der Waals surface area contributed by atoms with Crippen molar-refractivity contribution in [2.24, 2.45) is 0 Å². The van der Waals surface area contributed by atoms with Crippen LogP contribution in [0.25, 0.3) is 11.0 Å². The molecule has 1 unspecified atom stereocenters. The summed E-state index contributed by atoms with van der Waals surface area (Å²) in [5.41, 5.74) is 8.06. The van der Waals surface area contributed by atoms with E-state index in [0.717, 1.165) is 47.5 Å². The van der Waals surface area contributed by atoms with Gasteiger partial charge in [0.15, 0.2) is 5.82 Å². The summed E-state index contributed by atoms with van der Waals surface area (Å²) in [6.45, 7) is 9.53. The molecule has 0 saturated heterocycles. The van der Waals surface area contributed by atoms with Crippen molar-refractivity contribution in [3.8, 4) is 0 Å². The van der Waals surface area contributed by atoms with E-state index in [2.05, 4.69) is 42.0 Å². The van der Waals surface area contributed by atoms with Gasteiger partial charge in [0.1, 0.15) is 0 Å². The van der Waals surface area contributed by atoms with Gasteiger partial charge in [-0.1, -0.05) is 38.4 Å². The second-order valence-electron chi connectivity index (χ2n) is 7.40. The van der Waals surface area contributed by atoms with E-state index in [4.69, 9.17) is 21.4 Å². The summed E-state index contributed by atoms with van der Waals surface area (Å²) in [5, 5.41) is 0.649. The normalized spacial score (nSPS) is 18.5. The van der Waals surface area contributed by atoms with Gasteiger partial charge < -0.3 is 4.90 Å². The molecule has 1 N–H and O–H groups in total. The Morgan fingerprint density at radius 2 is 2.10 bits per heavy atom. The number of pyridine rings is 1. The van der Waals surface area contributed by atoms with Crippen molar-refractivity contribution in [3.05, 3.63) is 65.3 Å². The molecule has 6 nitrogen and oxygen atoms in total.